The van der Waals surface area contributed by atoms with E-state index in [1.54, 1.807) is 13.0 Å². The number of hydrogen-bond donors (Lipinski definition) is 0. The van der Waals surface area contributed by atoms with Crippen molar-refractivity contribution in [2.45, 2.75) is 20.3 Å². The molecule has 0 atom stereocenters. The van der Waals surface area contributed by atoms with Gasteiger partial charge in [0, 0.05) is 5.69 Å². The Morgan fingerprint density at radius 3 is 2.76 bits per heavy atom. The van der Waals surface area contributed by atoms with Gasteiger partial charge in [0.05, 0.1) is 12.2 Å². The van der Waals surface area contributed by atoms with Gasteiger partial charge in [0.25, 0.3) is 6.43 Å². The molecule has 17 heavy (non-hydrogen) atoms. The van der Waals surface area contributed by atoms with Gasteiger partial charge in [-0.05, 0) is 19.9 Å². The highest BCUT2D eigenvalue weighted by atomic mass is 19.3. The van der Waals surface area contributed by atoms with Crippen LogP contribution >= 0.6 is 0 Å². The van der Waals surface area contributed by atoms with Gasteiger partial charge in [-0.3, -0.25) is 4.98 Å². The Bertz CT molecular complexity index is 481. The molecule has 0 saturated heterocycles. The van der Waals surface area contributed by atoms with Crippen LogP contribution in [0.15, 0.2) is 6.07 Å². The second-order valence-electron chi connectivity index (χ2n) is 3.20. The average molecular weight is 240 g/mol. The molecule has 0 aliphatic rings. The zero-order chi connectivity index (χ0) is 13.0. The minimum Gasteiger partial charge on any atom is -0.462 e. The molecular formula is C11H10F2N2O2. The number of aryl methyl sites for hydroxylation is 1. The predicted molar refractivity (Wildman–Crippen MR) is 54.6 cm³/mol. The molecule has 0 saturated carbocycles. The number of aromatic nitrogens is 1. The highest BCUT2D eigenvalue weighted by Gasteiger charge is 2.25. The molecule has 0 aromatic carbocycles. The maximum atomic E-state index is 12.7. The lowest BCUT2D eigenvalue weighted by molar-refractivity contribution is 0.0513. The summed E-state index contributed by atoms with van der Waals surface area (Å²) in [6.07, 6.45) is -2.93. The molecular weight excluding hydrogens is 230 g/mol. The van der Waals surface area contributed by atoms with Crippen LogP contribution in [0.5, 0.6) is 0 Å². The normalized spacial score (nSPS) is 10.1. The molecule has 1 heterocycles. The van der Waals surface area contributed by atoms with Crippen LogP contribution in [-0.4, -0.2) is 17.6 Å². The van der Waals surface area contributed by atoms with Gasteiger partial charge in [-0.1, -0.05) is 0 Å². The number of carbonyl (C=O) groups is 1. The molecule has 0 fully saturated rings. The van der Waals surface area contributed by atoms with E-state index in [4.69, 9.17) is 5.26 Å². The number of hydrogen-bond acceptors (Lipinski definition) is 4. The Morgan fingerprint density at radius 1 is 1.65 bits per heavy atom. The summed E-state index contributed by atoms with van der Waals surface area (Å²) in [6, 6.07) is 2.97. The lowest BCUT2D eigenvalue weighted by atomic mass is 10.1. The second-order valence-corrected chi connectivity index (χ2v) is 3.20. The Labute approximate surface area is 96.8 Å². The van der Waals surface area contributed by atoms with Gasteiger partial charge in [-0.2, -0.15) is 5.26 Å². The monoisotopic (exact) mass is 240 g/mol. The minimum absolute atomic E-state index is 0.0419. The second kappa shape index (κ2) is 5.34. The number of halogens is 2. The largest absolute Gasteiger partial charge is 0.462 e. The van der Waals surface area contributed by atoms with Crippen molar-refractivity contribution in [3.05, 3.63) is 28.6 Å². The molecule has 6 heteroatoms. The fourth-order valence-corrected chi connectivity index (χ4v) is 1.36. The van der Waals surface area contributed by atoms with Crippen molar-refractivity contribution in [1.82, 2.24) is 4.98 Å². The van der Waals surface area contributed by atoms with E-state index in [1.165, 1.54) is 13.0 Å². The van der Waals surface area contributed by atoms with E-state index in [-0.39, 0.29) is 17.9 Å². The highest BCUT2D eigenvalue weighted by Crippen LogP contribution is 2.25. The quantitative estimate of drug-likeness (QED) is 0.761. The molecule has 1 aromatic rings. The molecule has 0 aliphatic carbocycles. The predicted octanol–water partition coefficient (Wildman–Crippen LogP) is 2.38. The Balaban J connectivity index is 3.43. The van der Waals surface area contributed by atoms with E-state index >= 15 is 0 Å². The molecule has 0 spiro atoms. The summed E-state index contributed by atoms with van der Waals surface area (Å²) in [5.74, 6) is -0.952. The van der Waals surface area contributed by atoms with E-state index in [9.17, 15) is 13.6 Å². The molecule has 0 unspecified atom stereocenters. The molecule has 0 N–H and O–H groups in total. The van der Waals surface area contributed by atoms with Gasteiger partial charge in [-0.15, -0.1) is 0 Å². The van der Waals surface area contributed by atoms with Crippen LogP contribution in [0, 0.1) is 18.3 Å². The SMILES string of the molecule is CCOC(=O)c1c(C#N)cc(C)nc1C(F)F. The Kier molecular flexibility index (Phi) is 4.10. The summed E-state index contributed by atoms with van der Waals surface area (Å²) in [5, 5.41) is 8.84. The van der Waals surface area contributed by atoms with Crippen LogP contribution < -0.4 is 0 Å². The number of rotatable bonds is 3. The van der Waals surface area contributed by atoms with Crippen molar-refractivity contribution < 1.29 is 18.3 Å². The van der Waals surface area contributed by atoms with Gasteiger partial charge in [0.15, 0.2) is 0 Å². The lowest BCUT2D eigenvalue weighted by Crippen LogP contribution is -2.13. The molecule has 1 aromatic heterocycles. The van der Waals surface area contributed by atoms with Crippen molar-refractivity contribution in [1.29, 1.82) is 5.26 Å². The maximum Gasteiger partial charge on any atom is 0.341 e. The van der Waals surface area contributed by atoms with Gasteiger partial charge < -0.3 is 4.74 Å². The molecule has 1 rings (SSSR count). The van der Waals surface area contributed by atoms with Crippen molar-refractivity contribution in [2.24, 2.45) is 0 Å². The van der Waals surface area contributed by atoms with Crippen LogP contribution in [0.1, 0.15) is 40.7 Å². The maximum absolute atomic E-state index is 12.7. The minimum atomic E-state index is -2.93. The fourth-order valence-electron chi connectivity index (χ4n) is 1.36. The number of esters is 1. The molecule has 0 amide bonds. The molecule has 90 valence electrons. The third-order valence-corrected chi connectivity index (χ3v) is 1.98. The first-order chi connectivity index (χ1) is 8.01. The van der Waals surface area contributed by atoms with Gasteiger partial charge in [-0.25, -0.2) is 13.6 Å². The zero-order valence-corrected chi connectivity index (χ0v) is 9.33. The summed E-state index contributed by atoms with van der Waals surface area (Å²) in [7, 11) is 0. The van der Waals surface area contributed by atoms with Crippen LogP contribution in [0.25, 0.3) is 0 Å². The summed E-state index contributed by atoms with van der Waals surface area (Å²) in [4.78, 5) is 15.1. The van der Waals surface area contributed by atoms with Crippen molar-refractivity contribution in [3.63, 3.8) is 0 Å². The number of ether oxygens (including phenoxy) is 1. The van der Waals surface area contributed by atoms with Crippen molar-refractivity contribution in [2.75, 3.05) is 6.61 Å². The summed E-state index contributed by atoms with van der Waals surface area (Å²) < 4.78 is 30.1. The standard InChI is InChI=1S/C11H10F2N2O2/c1-3-17-11(16)8-7(5-14)4-6(2)15-9(8)10(12)13/h4,10H,3H2,1-2H3. The van der Waals surface area contributed by atoms with Gasteiger partial charge in [0.2, 0.25) is 0 Å². The average Bonchev–Trinajstić information content (AvgIpc) is 2.27. The Hall–Kier alpha value is -2.03. The number of nitrogens with zero attached hydrogens (tertiary/aromatic N) is 2. The van der Waals surface area contributed by atoms with E-state index < -0.39 is 23.7 Å². The summed E-state index contributed by atoms with van der Waals surface area (Å²) in [6.45, 7) is 3.07. The smallest absolute Gasteiger partial charge is 0.341 e. The fraction of sp³-hybridized carbons (Fsp3) is 0.364. The van der Waals surface area contributed by atoms with Crippen molar-refractivity contribution in [3.8, 4) is 6.07 Å². The van der Waals surface area contributed by atoms with Crippen LogP contribution in [0.4, 0.5) is 8.78 Å². The van der Waals surface area contributed by atoms with Crippen LogP contribution in [0.2, 0.25) is 0 Å². The topological polar surface area (TPSA) is 63.0 Å². The zero-order valence-electron chi connectivity index (χ0n) is 9.33. The molecule has 0 bridgehead atoms. The van der Waals surface area contributed by atoms with E-state index in [0.717, 1.165) is 0 Å². The van der Waals surface area contributed by atoms with Crippen molar-refractivity contribution >= 4 is 5.97 Å². The van der Waals surface area contributed by atoms with E-state index in [1.807, 2.05) is 0 Å². The third kappa shape index (κ3) is 2.75. The van der Waals surface area contributed by atoms with E-state index in [2.05, 4.69) is 9.72 Å². The molecule has 0 aliphatic heterocycles. The Morgan fingerprint density at radius 2 is 2.29 bits per heavy atom. The van der Waals surface area contributed by atoms with Gasteiger partial charge >= 0.3 is 5.97 Å². The van der Waals surface area contributed by atoms with Crippen LogP contribution in [0.3, 0.4) is 0 Å². The van der Waals surface area contributed by atoms with Gasteiger partial charge in [0.1, 0.15) is 17.3 Å². The summed E-state index contributed by atoms with van der Waals surface area (Å²) >= 11 is 0. The number of nitriles is 1. The first-order valence-corrected chi connectivity index (χ1v) is 4.88. The molecule has 0 radical (unpaired) electrons. The lowest BCUT2D eigenvalue weighted by Gasteiger charge is -2.09. The highest BCUT2D eigenvalue weighted by molar-refractivity contribution is 5.93. The first-order valence-electron chi connectivity index (χ1n) is 4.88. The van der Waals surface area contributed by atoms with E-state index in [0.29, 0.717) is 0 Å². The third-order valence-electron chi connectivity index (χ3n) is 1.98. The molecule has 4 nitrogen and oxygen atoms in total. The number of carbonyl (C=O) groups excluding carboxylic acids is 1. The number of alkyl halides is 2. The number of pyridine rings is 1. The van der Waals surface area contributed by atoms with Crippen LogP contribution in [-0.2, 0) is 4.74 Å². The first kappa shape index (κ1) is 13.0. The summed E-state index contributed by atoms with van der Waals surface area (Å²) in [5.41, 5.74) is -1.05.